The Labute approximate surface area is 130 Å². The Balaban J connectivity index is 2.15. The third-order valence-electron chi connectivity index (χ3n) is 3.39. The van der Waals surface area contributed by atoms with Crippen LogP contribution in [0.15, 0.2) is 29.2 Å². The van der Waals surface area contributed by atoms with Gasteiger partial charge in [-0.1, -0.05) is 17.7 Å². The van der Waals surface area contributed by atoms with Gasteiger partial charge in [0.25, 0.3) is 0 Å². The van der Waals surface area contributed by atoms with Gasteiger partial charge < -0.3 is 0 Å². The number of halogens is 1. The average Bonchev–Trinajstić information content (AvgIpc) is 2.47. The topological polar surface area (TPSA) is 74.8 Å². The molecule has 0 aromatic heterocycles. The van der Waals surface area contributed by atoms with Crippen molar-refractivity contribution in [1.82, 2.24) is 8.61 Å². The van der Waals surface area contributed by atoms with Gasteiger partial charge in [0.15, 0.2) is 0 Å². The van der Waals surface area contributed by atoms with E-state index in [1.807, 2.05) is 0 Å². The number of hydrogen-bond acceptors (Lipinski definition) is 4. The van der Waals surface area contributed by atoms with E-state index in [0.29, 0.717) is 5.02 Å². The molecule has 1 fully saturated rings. The summed E-state index contributed by atoms with van der Waals surface area (Å²) in [5.74, 6) is 0.0219. The lowest BCUT2D eigenvalue weighted by Gasteiger charge is -2.33. The summed E-state index contributed by atoms with van der Waals surface area (Å²) in [4.78, 5) is 0.127. The molecule has 1 aliphatic rings. The van der Waals surface area contributed by atoms with Crippen LogP contribution in [0.4, 0.5) is 0 Å². The molecule has 0 unspecified atom stereocenters. The lowest BCUT2D eigenvalue weighted by atomic mass is 10.4. The van der Waals surface area contributed by atoms with Crippen LogP contribution in [0.1, 0.15) is 6.92 Å². The highest BCUT2D eigenvalue weighted by Crippen LogP contribution is 2.21. The van der Waals surface area contributed by atoms with Crippen LogP contribution in [0.5, 0.6) is 0 Å². The van der Waals surface area contributed by atoms with Gasteiger partial charge in [0.2, 0.25) is 20.0 Å². The standard InChI is InChI=1S/C12H17ClN2O4S2/c1-2-20(16,17)14-6-8-15(9-7-14)21(18,19)12-5-3-4-11(13)10-12/h3-5,10H,2,6-9H2,1H3. The summed E-state index contributed by atoms with van der Waals surface area (Å²) in [7, 11) is -6.90. The molecule has 21 heavy (non-hydrogen) atoms. The Kier molecular flexibility index (Phi) is 4.94. The molecule has 0 aliphatic carbocycles. The third kappa shape index (κ3) is 3.57. The largest absolute Gasteiger partial charge is 0.243 e. The van der Waals surface area contributed by atoms with Crippen LogP contribution in [-0.2, 0) is 20.0 Å². The van der Waals surface area contributed by atoms with E-state index in [9.17, 15) is 16.8 Å². The van der Waals surface area contributed by atoms with Crippen molar-refractivity contribution in [3.05, 3.63) is 29.3 Å². The van der Waals surface area contributed by atoms with E-state index in [0.717, 1.165) is 0 Å². The number of sulfonamides is 2. The predicted octanol–water partition coefficient (Wildman–Crippen LogP) is 0.996. The van der Waals surface area contributed by atoms with Gasteiger partial charge in [0.1, 0.15) is 0 Å². The first-order valence-electron chi connectivity index (χ1n) is 6.51. The second-order valence-electron chi connectivity index (χ2n) is 4.66. The molecule has 1 heterocycles. The zero-order valence-electron chi connectivity index (χ0n) is 11.6. The summed E-state index contributed by atoms with van der Waals surface area (Å²) in [5, 5.41) is 0.350. The minimum absolute atomic E-state index is 0.0219. The van der Waals surface area contributed by atoms with Crippen molar-refractivity contribution in [2.24, 2.45) is 0 Å². The molecule has 0 saturated carbocycles. The highest BCUT2D eigenvalue weighted by Gasteiger charge is 2.32. The zero-order valence-corrected chi connectivity index (χ0v) is 14.0. The van der Waals surface area contributed by atoms with Gasteiger partial charge in [-0.3, -0.25) is 0 Å². The molecule has 9 heteroatoms. The molecule has 0 bridgehead atoms. The van der Waals surface area contributed by atoms with Gasteiger partial charge in [-0.15, -0.1) is 0 Å². The summed E-state index contributed by atoms with van der Waals surface area (Å²) >= 11 is 5.82. The maximum absolute atomic E-state index is 12.5. The first-order chi connectivity index (χ1) is 9.77. The fourth-order valence-corrected chi connectivity index (χ4v) is 4.96. The first-order valence-corrected chi connectivity index (χ1v) is 9.93. The smallest absolute Gasteiger partial charge is 0.212 e. The quantitative estimate of drug-likeness (QED) is 0.810. The number of rotatable bonds is 4. The molecular weight excluding hydrogens is 336 g/mol. The molecule has 1 aromatic rings. The Morgan fingerprint density at radius 1 is 1.05 bits per heavy atom. The predicted molar refractivity (Wildman–Crippen MR) is 81.2 cm³/mol. The monoisotopic (exact) mass is 352 g/mol. The van der Waals surface area contributed by atoms with E-state index in [1.165, 1.54) is 20.7 Å². The zero-order chi connectivity index (χ0) is 15.7. The molecule has 0 amide bonds. The Bertz CT molecular complexity index is 711. The second-order valence-corrected chi connectivity index (χ2v) is 9.29. The average molecular weight is 353 g/mol. The second kappa shape index (κ2) is 6.21. The summed E-state index contributed by atoms with van der Waals surface area (Å²) in [6.45, 7) is 2.22. The van der Waals surface area contributed by atoms with E-state index < -0.39 is 20.0 Å². The summed E-state index contributed by atoms with van der Waals surface area (Å²) < 4.78 is 51.1. The van der Waals surface area contributed by atoms with Crippen LogP contribution in [0, 0.1) is 0 Å². The molecule has 0 radical (unpaired) electrons. The minimum atomic E-state index is -3.63. The van der Waals surface area contributed by atoms with Gasteiger partial charge in [0, 0.05) is 31.2 Å². The summed E-state index contributed by atoms with van der Waals surface area (Å²) in [5.41, 5.74) is 0. The van der Waals surface area contributed by atoms with E-state index in [2.05, 4.69) is 0 Å². The minimum Gasteiger partial charge on any atom is -0.212 e. The normalized spacial score (nSPS) is 18.8. The van der Waals surface area contributed by atoms with Crippen LogP contribution >= 0.6 is 11.6 Å². The molecule has 118 valence electrons. The number of piperazine rings is 1. The molecule has 2 rings (SSSR count). The molecule has 1 aromatic carbocycles. The molecule has 0 spiro atoms. The Hall–Kier alpha value is -0.670. The molecule has 0 N–H and O–H groups in total. The van der Waals surface area contributed by atoms with Crippen LogP contribution in [0.2, 0.25) is 5.02 Å². The molecule has 1 saturated heterocycles. The van der Waals surface area contributed by atoms with Crippen LogP contribution in [0.25, 0.3) is 0 Å². The highest BCUT2D eigenvalue weighted by molar-refractivity contribution is 7.89. The lowest BCUT2D eigenvalue weighted by Crippen LogP contribution is -2.50. The maximum atomic E-state index is 12.5. The van der Waals surface area contributed by atoms with E-state index in [-0.39, 0.29) is 36.8 Å². The van der Waals surface area contributed by atoms with Crippen LogP contribution in [-0.4, -0.2) is 57.4 Å². The Morgan fingerprint density at radius 3 is 2.14 bits per heavy atom. The molecule has 0 atom stereocenters. The van der Waals surface area contributed by atoms with Gasteiger partial charge >= 0.3 is 0 Å². The molecular formula is C12H17ClN2O4S2. The van der Waals surface area contributed by atoms with Gasteiger partial charge in [-0.05, 0) is 25.1 Å². The third-order valence-corrected chi connectivity index (χ3v) is 7.40. The van der Waals surface area contributed by atoms with Gasteiger partial charge in [-0.2, -0.15) is 8.61 Å². The highest BCUT2D eigenvalue weighted by atomic mass is 35.5. The van der Waals surface area contributed by atoms with Gasteiger partial charge in [0.05, 0.1) is 10.6 Å². The summed E-state index contributed by atoms with van der Waals surface area (Å²) in [6, 6.07) is 6.06. The van der Waals surface area contributed by atoms with E-state index in [1.54, 1.807) is 19.1 Å². The van der Waals surface area contributed by atoms with Crippen molar-refractivity contribution >= 4 is 31.6 Å². The van der Waals surface area contributed by atoms with E-state index >= 15 is 0 Å². The summed E-state index contributed by atoms with van der Waals surface area (Å²) in [6.07, 6.45) is 0. The fraction of sp³-hybridized carbons (Fsp3) is 0.500. The van der Waals surface area contributed by atoms with Crippen molar-refractivity contribution in [3.8, 4) is 0 Å². The molecule has 1 aliphatic heterocycles. The van der Waals surface area contributed by atoms with Crippen LogP contribution < -0.4 is 0 Å². The van der Waals surface area contributed by atoms with Crippen molar-refractivity contribution in [1.29, 1.82) is 0 Å². The Morgan fingerprint density at radius 2 is 1.62 bits per heavy atom. The van der Waals surface area contributed by atoms with Gasteiger partial charge in [-0.25, -0.2) is 16.8 Å². The van der Waals surface area contributed by atoms with Crippen molar-refractivity contribution in [2.45, 2.75) is 11.8 Å². The van der Waals surface area contributed by atoms with Crippen LogP contribution in [0.3, 0.4) is 0 Å². The number of nitrogens with zero attached hydrogens (tertiary/aromatic N) is 2. The van der Waals surface area contributed by atoms with Crippen molar-refractivity contribution in [2.75, 3.05) is 31.9 Å². The maximum Gasteiger partial charge on any atom is 0.243 e. The lowest BCUT2D eigenvalue weighted by molar-refractivity contribution is 0.273. The van der Waals surface area contributed by atoms with E-state index in [4.69, 9.17) is 11.6 Å². The fourth-order valence-electron chi connectivity index (χ4n) is 2.15. The molecule has 6 nitrogen and oxygen atoms in total. The van der Waals surface area contributed by atoms with Crippen molar-refractivity contribution in [3.63, 3.8) is 0 Å². The van der Waals surface area contributed by atoms with Crippen molar-refractivity contribution < 1.29 is 16.8 Å². The first kappa shape index (κ1) is 16.7. The number of hydrogen-bond donors (Lipinski definition) is 0. The SMILES string of the molecule is CCS(=O)(=O)N1CCN(S(=O)(=O)c2cccc(Cl)c2)CC1. The number of benzene rings is 1.